The molecule has 1 aromatic heterocycles. The lowest BCUT2D eigenvalue weighted by Crippen LogP contribution is -2.47. The van der Waals surface area contributed by atoms with Crippen molar-refractivity contribution in [1.29, 1.82) is 0 Å². The number of aromatic nitrogens is 3. The van der Waals surface area contributed by atoms with Gasteiger partial charge in [-0.25, -0.2) is 4.68 Å². The van der Waals surface area contributed by atoms with Crippen molar-refractivity contribution in [2.75, 3.05) is 26.3 Å². The van der Waals surface area contributed by atoms with Crippen LogP contribution in [-0.2, 0) is 27.4 Å². The second kappa shape index (κ2) is 7.11. The van der Waals surface area contributed by atoms with Gasteiger partial charge in [0, 0.05) is 31.0 Å². The van der Waals surface area contributed by atoms with Crippen molar-refractivity contribution in [3.8, 4) is 0 Å². The number of nitrogens with zero attached hydrogens (tertiary/aromatic N) is 4. The van der Waals surface area contributed by atoms with Gasteiger partial charge in [-0.3, -0.25) is 4.79 Å². The number of amides is 1. The van der Waals surface area contributed by atoms with Gasteiger partial charge in [0.25, 0.3) is 5.91 Å². The number of halogens is 1. The summed E-state index contributed by atoms with van der Waals surface area (Å²) in [5, 5.41) is 9.05. The predicted molar refractivity (Wildman–Crippen MR) is 98.8 cm³/mol. The second-order valence-corrected chi connectivity index (χ2v) is 7.75. The molecule has 1 atom stereocenters. The summed E-state index contributed by atoms with van der Waals surface area (Å²) in [5.74, 6) is -0.611. The molecule has 0 saturated carbocycles. The maximum atomic E-state index is 13.0. The minimum atomic E-state index is -0.502. The summed E-state index contributed by atoms with van der Waals surface area (Å²) < 4.78 is 19.2. The Kier molecular flexibility index (Phi) is 4.59. The molecule has 1 spiro atoms. The highest BCUT2D eigenvalue weighted by atomic mass is 35.5. The molecule has 148 valence electrons. The van der Waals surface area contributed by atoms with Crippen LogP contribution in [-0.4, -0.2) is 57.9 Å². The quantitative estimate of drug-likeness (QED) is 0.763. The van der Waals surface area contributed by atoms with Gasteiger partial charge in [0.1, 0.15) is 6.10 Å². The summed E-state index contributed by atoms with van der Waals surface area (Å²) >= 11 is 5.96. The van der Waals surface area contributed by atoms with Gasteiger partial charge in [0.05, 0.1) is 32.1 Å². The van der Waals surface area contributed by atoms with E-state index < -0.39 is 5.79 Å². The lowest BCUT2D eigenvalue weighted by atomic mass is 10.0. The van der Waals surface area contributed by atoms with Crippen LogP contribution in [0.15, 0.2) is 24.3 Å². The number of benzene rings is 1. The molecule has 2 saturated heterocycles. The predicted octanol–water partition coefficient (Wildman–Crippen LogP) is 2.18. The Bertz CT molecular complexity index is 869. The molecule has 0 bridgehead atoms. The van der Waals surface area contributed by atoms with Crippen molar-refractivity contribution in [3.05, 3.63) is 46.2 Å². The molecule has 0 aliphatic carbocycles. The first-order valence-corrected chi connectivity index (χ1v) is 9.88. The van der Waals surface area contributed by atoms with Crippen molar-refractivity contribution in [2.24, 2.45) is 0 Å². The highest BCUT2D eigenvalue weighted by Crippen LogP contribution is 2.32. The van der Waals surface area contributed by atoms with E-state index in [9.17, 15) is 4.79 Å². The average Bonchev–Trinajstić information content (AvgIpc) is 3.35. The Morgan fingerprint density at radius 1 is 1.14 bits per heavy atom. The SMILES string of the molecule is O=C(c1nnn2c1COC(c1ccc(Cl)cc1)C2)N1CCC2(CC1)OCCO2. The third kappa shape index (κ3) is 3.20. The van der Waals surface area contributed by atoms with Crippen LogP contribution >= 0.6 is 11.6 Å². The number of hydrogen-bond donors (Lipinski definition) is 0. The fourth-order valence-electron chi connectivity index (χ4n) is 4.04. The zero-order valence-corrected chi connectivity index (χ0v) is 16.1. The van der Waals surface area contributed by atoms with Crippen LogP contribution in [0.4, 0.5) is 0 Å². The van der Waals surface area contributed by atoms with E-state index in [1.807, 2.05) is 24.3 Å². The van der Waals surface area contributed by atoms with Crippen LogP contribution in [0.1, 0.15) is 40.7 Å². The summed E-state index contributed by atoms with van der Waals surface area (Å²) in [7, 11) is 0. The third-order valence-corrected chi connectivity index (χ3v) is 5.92. The van der Waals surface area contributed by atoms with Crippen LogP contribution in [0.2, 0.25) is 5.02 Å². The standard InChI is InChI=1S/C19H21ClN4O4/c20-14-3-1-13(2-4-14)16-11-24-15(12-26-16)17(21-22-24)18(25)23-7-5-19(6-8-23)27-9-10-28-19/h1-4,16H,5-12H2. The largest absolute Gasteiger partial charge is 0.365 e. The van der Waals surface area contributed by atoms with Gasteiger partial charge >= 0.3 is 0 Å². The molecule has 8 nitrogen and oxygen atoms in total. The van der Waals surface area contributed by atoms with Gasteiger partial charge < -0.3 is 19.1 Å². The van der Waals surface area contributed by atoms with Crippen LogP contribution in [0.3, 0.4) is 0 Å². The minimum Gasteiger partial charge on any atom is -0.365 e. The van der Waals surface area contributed by atoms with Crippen molar-refractivity contribution < 1.29 is 19.0 Å². The molecule has 4 heterocycles. The van der Waals surface area contributed by atoms with Crippen molar-refractivity contribution in [3.63, 3.8) is 0 Å². The van der Waals surface area contributed by atoms with Crippen molar-refractivity contribution in [2.45, 2.75) is 37.9 Å². The summed E-state index contributed by atoms with van der Waals surface area (Å²) in [6.45, 7) is 3.23. The molecule has 28 heavy (non-hydrogen) atoms. The summed E-state index contributed by atoms with van der Waals surface area (Å²) in [5.41, 5.74) is 2.12. The topological polar surface area (TPSA) is 78.7 Å². The molecule has 2 aromatic rings. The molecule has 1 unspecified atom stereocenters. The van der Waals surface area contributed by atoms with Gasteiger partial charge in [-0.05, 0) is 17.7 Å². The second-order valence-electron chi connectivity index (χ2n) is 7.32. The molecule has 0 N–H and O–H groups in total. The fraction of sp³-hybridized carbons (Fsp3) is 0.526. The molecule has 1 amide bonds. The monoisotopic (exact) mass is 404 g/mol. The Morgan fingerprint density at radius 2 is 1.86 bits per heavy atom. The molecule has 5 rings (SSSR count). The number of hydrogen-bond acceptors (Lipinski definition) is 6. The van der Waals surface area contributed by atoms with Crippen LogP contribution in [0.25, 0.3) is 0 Å². The highest BCUT2D eigenvalue weighted by molar-refractivity contribution is 6.30. The Hall–Kier alpha value is -2.00. The summed E-state index contributed by atoms with van der Waals surface area (Å²) in [6, 6.07) is 7.56. The molecule has 3 aliphatic rings. The minimum absolute atomic E-state index is 0.109. The molecule has 1 aromatic carbocycles. The molecular weight excluding hydrogens is 384 g/mol. The van der Waals surface area contributed by atoms with Gasteiger partial charge in [-0.15, -0.1) is 5.10 Å². The maximum absolute atomic E-state index is 13.0. The molecule has 2 fully saturated rings. The lowest BCUT2D eigenvalue weighted by Gasteiger charge is -2.37. The zero-order valence-electron chi connectivity index (χ0n) is 15.3. The Morgan fingerprint density at radius 3 is 2.57 bits per heavy atom. The number of ether oxygens (including phenoxy) is 3. The van der Waals surface area contributed by atoms with E-state index in [4.69, 9.17) is 25.8 Å². The van der Waals surface area contributed by atoms with Gasteiger partial charge in [-0.2, -0.15) is 0 Å². The molecule has 0 radical (unpaired) electrons. The van der Waals surface area contributed by atoms with Crippen LogP contribution < -0.4 is 0 Å². The van der Waals surface area contributed by atoms with E-state index in [2.05, 4.69) is 10.3 Å². The van der Waals surface area contributed by atoms with E-state index in [0.29, 0.717) is 63.0 Å². The fourth-order valence-corrected chi connectivity index (χ4v) is 4.17. The van der Waals surface area contributed by atoms with E-state index in [1.54, 1.807) is 9.58 Å². The first-order valence-electron chi connectivity index (χ1n) is 9.50. The van der Waals surface area contributed by atoms with E-state index in [1.165, 1.54) is 0 Å². The van der Waals surface area contributed by atoms with E-state index in [-0.39, 0.29) is 12.0 Å². The first-order chi connectivity index (χ1) is 13.6. The van der Waals surface area contributed by atoms with E-state index in [0.717, 1.165) is 11.3 Å². The molecular formula is C19H21ClN4O4. The van der Waals surface area contributed by atoms with Gasteiger partial charge in [0.15, 0.2) is 11.5 Å². The van der Waals surface area contributed by atoms with Gasteiger partial charge in [0.2, 0.25) is 0 Å². The van der Waals surface area contributed by atoms with Crippen molar-refractivity contribution >= 4 is 17.5 Å². The number of rotatable bonds is 2. The number of likely N-dealkylation sites (tertiary alicyclic amines) is 1. The first kappa shape index (κ1) is 18.1. The number of fused-ring (bicyclic) bond motifs is 1. The smallest absolute Gasteiger partial charge is 0.276 e. The lowest BCUT2D eigenvalue weighted by molar-refractivity contribution is -0.181. The number of carbonyl (C=O) groups excluding carboxylic acids is 1. The zero-order chi connectivity index (χ0) is 19.1. The van der Waals surface area contributed by atoms with Crippen LogP contribution in [0.5, 0.6) is 0 Å². The van der Waals surface area contributed by atoms with Gasteiger partial charge in [-0.1, -0.05) is 28.9 Å². The molecule has 9 heteroatoms. The summed E-state index contributed by atoms with van der Waals surface area (Å²) in [6.07, 6.45) is 1.22. The number of carbonyl (C=O) groups is 1. The Labute approximate surface area is 167 Å². The number of piperidine rings is 1. The Balaban J connectivity index is 1.28. The van der Waals surface area contributed by atoms with E-state index >= 15 is 0 Å². The normalized spacial score (nSPS) is 23.8. The maximum Gasteiger partial charge on any atom is 0.276 e. The third-order valence-electron chi connectivity index (χ3n) is 5.67. The average molecular weight is 405 g/mol. The summed E-state index contributed by atoms with van der Waals surface area (Å²) in [4.78, 5) is 14.8. The highest BCUT2D eigenvalue weighted by Gasteiger charge is 2.41. The van der Waals surface area contributed by atoms with Crippen molar-refractivity contribution in [1.82, 2.24) is 19.9 Å². The molecule has 3 aliphatic heterocycles. The van der Waals surface area contributed by atoms with Crippen LogP contribution in [0, 0.1) is 0 Å².